The highest BCUT2D eigenvalue weighted by Gasteiger charge is 2.27. The molecule has 0 spiro atoms. The molecule has 1 heterocycles. The summed E-state index contributed by atoms with van der Waals surface area (Å²) in [6, 6.07) is 20.5. The monoisotopic (exact) mass is 496 g/mol. The molecule has 0 radical (unpaired) electrons. The largest absolute Gasteiger partial charge is 0.489 e. The predicted molar refractivity (Wildman–Crippen MR) is 133 cm³/mol. The normalized spacial score (nSPS) is 14.5. The summed E-state index contributed by atoms with van der Waals surface area (Å²) in [5.74, 6) is 1.28. The molecule has 3 aromatic rings. The first-order valence-corrected chi connectivity index (χ1v) is 12.8. The summed E-state index contributed by atoms with van der Waals surface area (Å²) in [7, 11) is -3.74. The van der Waals surface area contributed by atoms with Crippen molar-refractivity contribution in [1.82, 2.24) is 4.31 Å². The van der Waals surface area contributed by atoms with Crippen molar-refractivity contribution in [3.8, 4) is 17.2 Å². The van der Waals surface area contributed by atoms with Gasteiger partial charge in [0.25, 0.3) is 5.91 Å². The van der Waals surface area contributed by atoms with Crippen molar-refractivity contribution in [2.75, 3.05) is 31.6 Å². The van der Waals surface area contributed by atoms with Crippen molar-refractivity contribution in [3.63, 3.8) is 0 Å². The van der Waals surface area contributed by atoms with Crippen molar-refractivity contribution in [2.24, 2.45) is 0 Å². The van der Waals surface area contributed by atoms with Crippen LogP contribution in [0.2, 0.25) is 0 Å². The number of hydrogen-bond donors (Lipinski definition) is 1. The zero-order chi connectivity index (χ0) is 24.8. The van der Waals surface area contributed by atoms with Crippen LogP contribution in [0.1, 0.15) is 24.2 Å². The lowest BCUT2D eigenvalue weighted by Gasteiger charge is -2.26. The summed E-state index contributed by atoms with van der Waals surface area (Å²) < 4.78 is 44.5. The van der Waals surface area contributed by atoms with E-state index in [4.69, 9.17) is 14.2 Å². The van der Waals surface area contributed by atoms with Gasteiger partial charge in [-0.1, -0.05) is 18.2 Å². The lowest BCUT2D eigenvalue weighted by atomic mass is 10.2. The summed E-state index contributed by atoms with van der Waals surface area (Å²) in [4.78, 5) is 13.1. The van der Waals surface area contributed by atoms with E-state index in [1.807, 2.05) is 44.2 Å². The first kappa shape index (κ1) is 24.7. The second-order valence-corrected chi connectivity index (χ2v) is 10.2. The highest BCUT2D eigenvalue weighted by Crippen LogP contribution is 2.31. The van der Waals surface area contributed by atoms with E-state index in [1.165, 1.54) is 16.4 Å². The molecule has 1 amide bonds. The Kier molecular flexibility index (Phi) is 7.70. The van der Waals surface area contributed by atoms with Gasteiger partial charge in [-0.05, 0) is 68.4 Å². The Morgan fingerprint density at radius 3 is 2.26 bits per heavy atom. The van der Waals surface area contributed by atoms with Gasteiger partial charge in [-0.25, -0.2) is 8.42 Å². The molecule has 1 fully saturated rings. The highest BCUT2D eigenvalue weighted by atomic mass is 32.2. The maximum absolute atomic E-state index is 13.1. The van der Waals surface area contributed by atoms with Gasteiger partial charge >= 0.3 is 0 Å². The minimum Gasteiger partial charge on any atom is -0.489 e. The molecule has 4 rings (SSSR count). The Morgan fingerprint density at radius 2 is 1.60 bits per heavy atom. The molecule has 8 nitrogen and oxygen atoms in total. The number of hydrogen-bond acceptors (Lipinski definition) is 6. The van der Waals surface area contributed by atoms with Gasteiger partial charge in [0.1, 0.15) is 17.2 Å². The van der Waals surface area contributed by atoms with Crippen LogP contribution in [0.5, 0.6) is 17.2 Å². The van der Waals surface area contributed by atoms with Gasteiger partial charge in [0.15, 0.2) is 0 Å². The molecule has 184 valence electrons. The zero-order valence-corrected chi connectivity index (χ0v) is 20.5. The topological polar surface area (TPSA) is 94.2 Å². The quantitative estimate of drug-likeness (QED) is 0.492. The Labute approximate surface area is 205 Å². The number of anilines is 1. The molecule has 1 saturated heterocycles. The molecule has 3 aromatic carbocycles. The summed E-state index contributed by atoms with van der Waals surface area (Å²) in [5, 5.41) is 2.80. The molecular formula is C26H28N2O6S. The van der Waals surface area contributed by atoms with E-state index in [0.717, 1.165) is 0 Å². The zero-order valence-electron chi connectivity index (χ0n) is 19.6. The minimum atomic E-state index is -3.74. The number of nitrogens with one attached hydrogen (secondary N) is 1. The van der Waals surface area contributed by atoms with Crippen LogP contribution >= 0.6 is 0 Å². The third-order valence-corrected chi connectivity index (χ3v) is 7.16. The standard InChI is InChI=1S/C26H28N2O6S/c1-19(2)33-25-13-12-23(35(30,31)28-14-16-32-17-15-28)18-24(25)27-26(29)20-8-10-22(11-9-20)34-21-6-4-3-5-7-21/h3-13,18-19H,14-17H2,1-2H3,(H,27,29). The van der Waals surface area contributed by atoms with Crippen molar-refractivity contribution in [3.05, 3.63) is 78.4 Å². The number of morpholine rings is 1. The van der Waals surface area contributed by atoms with Crippen LogP contribution in [0.3, 0.4) is 0 Å². The average Bonchev–Trinajstić information content (AvgIpc) is 2.86. The third kappa shape index (κ3) is 6.19. The molecule has 0 atom stereocenters. The number of amides is 1. The summed E-state index contributed by atoms with van der Waals surface area (Å²) in [5.41, 5.74) is 0.671. The molecule has 9 heteroatoms. The Morgan fingerprint density at radius 1 is 0.943 bits per heavy atom. The summed E-state index contributed by atoms with van der Waals surface area (Å²) in [6.07, 6.45) is -0.165. The number of rotatable bonds is 8. The van der Waals surface area contributed by atoms with Crippen LogP contribution in [0.25, 0.3) is 0 Å². The smallest absolute Gasteiger partial charge is 0.255 e. The van der Waals surface area contributed by atoms with E-state index < -0.39 is 15.9 Å². The first-order chi connectivity index (χ1) is 16.8. The van der Waals surface area contributed by atoms with Crippen LogP contribution in [0, 0.1) is 0 Å². The van der Waals surface area contributed by atoms with Gasteiger partial charge in [0, 0.05) is 18.7 Å². The van der Waals surface area contributed by atoms with E-state index >= 15 is 0 Å². The van der Waals surface area contributed by atoms with Crippen molar-refractivity contribution >= 4 is 21.6 Å². The second-order valence-electron chi connectivity index (χ2n) is 8.23. The van der Waals surface area contributed by atoms with Gasteiger partial charge in [0.2, 0.25) is 10.0 Å². The van der Waals surface area contributed by atoms with Gasteiger partial charge < -0.3 is 19.5 Å². The fraction of sp³-hybridized carbons (Fsp3) is 0.269. The molecule has 0 saturated carbocycles. The Balaban J connectivity index is 1.55. The molecule has 0 aliphatic carbocycles. The number of carbonyl (C=O) groups is 1. The predicted octanol–water partition coefficient (Wildman–Crippen LogP) is 4.54. The second kappa shape index (κ2) is 10.9. The number of para-hydroxylation sites is 1. The lowest BCUT2D eigenvalue weighted by molar-refractivity contribution is 0.0730. The fourth-order valence-electron chi connectivity index (χ4n) is 3.55. The summed E-state index contributed by atoms with van der Waals surface area (Å²) in [6.45, 7) is 4.98. The van der Waals surface area contributed by atoms with E-state index in [-0.39, 0.29) is 29.8 Å². The molecule has 1 aliphatic rings. The number of nitrogens with zero attached hydrogens (tertiary/aromatic N) is 1. The molecule has 35 heavy (non-hydrogen) atoms. The summed E-state index contributed by atoms with van der Waals surface area (Å²) >= 11 is 0. The molecule has 1 N–H and O–H groups in total. The van der Waals surface area contributed by atoms with E-state index in [0.29, 0.717) is 36.0 Å². The number of benzene rings is 3. The molecule has 0 aromatic heterocycles. The number of ether oxygens (including phenoxy) is 3. The van der Waals surface area contributed by atoms with Crippen LogP contribution in [0.15, 0.2) is 77.7 Å². The molecule has 0 bridgehead atoms. The van der Waals surface area contributed by atoms with Gasteiger partial charge in [-0.2, -0.15) is 4.31 Å². The molecule has 1 aliphatic heterocycles. The van der Waals surface area contributed by atoms with Gasteiger partial charge in [-0.3, -0.25) is 4.79 Å². The van der Waals surface area contributed by atoms with E-state index in [1.54, 1.807) is 30.3 Å². The highest BCUT2D eigenvalue weighted by molar-refractivity contribution is 7.89. The van der Waals surface area contributed by atoms with Gasteiger partial charge in [0.05, 0.1) is 29.9 Å². The molecular weight excluding hydrogens is 468 g/mol. The van der Waals surface area contributed by atoms with Crippen LogP contribution in [-0.4, -0.2) is 51.0 Å². The first-order valence-electron chi connectivity index (χ1n) is 11.4. The van der Waals surface area contributed by atoms with Crippen molar-refractivity contribution < 1.29 is 27.4 Å². The lowest BCUT2D eigenvalue weighted by Crippen LogP contribution is -2.40. The van der Waals surface area contributed by atoms with Gasteiger partial charge in [-0.15, -0.1) is 0 Å². The van der Waals surface area contributed by atoms with Crippen LogP contribution in [0.4, 0.5) is 5.69 Å². The van der Waals surface area contributed by atoms with Crippen molar-refractivity contribution in [2.45, 2.75) is 24.8 Å². The Hall–Kier alpha value is -3.40. The van der Waals surface area contributed by atoms with Crippen LogP contribution < -0.4 is 14.8 Å². The van der Waals surface area contributed by atoms with Crippen molar-refractivity contribution in [1.29, 1.82) is 0 Å². The van der Waals surface area contributed by atoms with Crippen LogP contribution in [-0.2, 0) is 14.8 Å². The number of sulfonamides is 1. The van der Waals surface area contributed by atoms with E-state index in [9.17, 15) is 13.2 Å². The fourth-order valence-corrected chi connectivity index (χ4v) is 4.99. The average molecular weight is 497 g/mol. The van der Waals surface area contributed by atoms with E-state index in [2.05, 4.69) is 5.32 Å². The minimum absolute atomic E-state index is 0.0809. The maximum Gasteiger partial charge on any atom is 0.255 e. The number of carbonyl (C=O) groups excluding carboxylic acids is 1. The maximum atomic E-state index is 13.1. The Bertz CT molecular complexity index is 1250. The molecule has 0 unspecified atom stereocenters. The SMILES string of the molecule is CC(C)Oc1ccc(S(=O)(=O)N2CCOCC2)cc1NC(=O)c1ccc(Oc2ccccc2)cc1. The third-order valence-electron chi connectivity index (χ3n) is 5.27.